The third-order valence-corrected chi connectivity index (χ3v) is 3.07. The highest BCUT2D eigenvalue weighted by Gasteiger charge is 2.00. The quantitative estimate of drug-likeness (QED) is 0.821. The van der Waals surface area contributed by atoms with Crippen molar-refractivity contribution < 1.29 is 0 Å². The largest absolute Gasteiger partial charge is 0.367 e. The van der Waals surface area contributed by atoms with Crippen LogP contribution >= 0.6 is 22.9 Å². The number of nitrogen functional groups attached to an aromatic ring is 1. The van der Waals surface area contributed by atoms with E-state index >= 15 is 0 Å². The molecule has 7 heteroatoms. The molecule has 14 heavy (non-hydrogen) atoms. The number of nitrogens with one attached hydrogen (secondary N) is 1. The molecular weight excluding hydrogens is 218 g/mol. The normalized spacial score (nSPS) is 10.3. The molecule has 0 spiro atoms. The first kappa shape index (κ1) is 9.35. The van der Waals surface area contributed by atoms with Crippen molar-refractivity contribution in [3.05, 3.63) is 16.6 Å². The Hall–Kier alpha value is -1.21. The van der Waals surface area contributed by atoms with E-state index in [0.29, 0.717) is 5.95 Å². The Balaban J connectivity index is 1.78. The summed E-state index contributed by atoms with van der Waals surface area (Å²) in [6, 6.07) is 0. The number of hydrogen-bond acceptors (Lipinski definition) is 7. The molecule has 5 nitrogen and oxygen atoms in total. The summed E-state index contributed by atoms with van der Waals surface area (Å²) >= 11 is 2.93. The fourth-order valence-corrected chi connectivity index (χ4v) is 2.10. The van der Waals surface area contributed by atoms with E-state index in [-0.39, 0.29) is 0 Å². The minimum Gasteiger partial charge on any atom is -0.367 e. The lowest BCUT2D eigenvalue weighted by Gasteiger charge is -1.98. The Morgan fingerprint density at radius 1 is 1.50 bits per heavy atom. The molecule has 2 rings (SSSR count). The molecule has 0 fully saturated rings. The van der Waals surface area contributed by atoms with E-state index in [0.717, 1.165) is 23.1 Å². The molecule has 0 aromatic carbocycles. The average molecular weight is 227 g/mol. The summed E-state index contributed by atoms with van der Waals surface area (Å²) in [7, 11) is 0. The van der Waals surface area contributed by atoms with Crippen molar-refractivity contribution in [1.29, 1.82) is 0 Å². The number of aromatic nitrogens is 3. The Bertz CT molecular complexity index is 382. The first-order valence-electron chi connectivity index (χ1n) is 4.06. The predicted molar refractivity (Wildman–Crippen MR) is 58.6 cm³/mol. The molecule has 2 aromatic rings. The molecule has 0 aliphatic carbocycles. The second-order valence-corrected chi connectivity index (χ2v) is 4.29. The molecule has 0 amide bonds. The van der Waals surface area contributed by atoms with Crippen LogP contribution in [0.3, 0.4) is 0 Å². The molecule has 2 heterocycles. The van der Waals surface area contributed by atoms with Gasteiger partial charge in [0.2, 0.25) is 11.1 Å². The lowest BCUT2D eigenvalue weighted by atomic mass is 10.4. The highest BCUT2D eigenvalue weighted by atomic mass is 32.1. The van der Waals surface area contributed by atoms with Crippen LogP contribution in [0.5, 0.6) is 0 Å². The molecule has 2 aromatic heterocycles. The average Bonchev–Trinajstić information content (AvgIpc) is 2.77. The maximum atomic E-state index is 5.38. The highest BCUT2D eigenvalue weighted by molar-refractivity contribution is 7.10. The van der Waals surface area contributed by atoms with Gasteiger partial charge in [0.15, 0.2) is 0 Å². The van der Waals surface area contributed by atoms with Crippen molar-refractivity contribution in [3.63, 3.8) is 0 Å². The van der Waals surface area contributed by atoms with Crippen LogP contribution in [0.2, 0.25) is 0 Å². The fourth-order valence-electron chi connectivity index (χ4n) is 0.959. The zero-order valence-corrected chi connectivity index (χ0v) is 8.94. The summed E-state index contributed by atoms with van der Waals surface area (Å²) in [5, 5.41) is 6.99. The summed E-state index contributed by atoms with van der Waals surface area (Å²) in [6.45, 7) is 0.808. The summed E-state index contributed by atoms with van der Waals surface area (Å²) < 4.78 is 3.87. The number of nitrogens with zero attached hydrogens (tertiary/aromatic N) is 3. The molecule has 0 aliphatic rings. The molecule has 0 unspecified atom stereocenters. The number of nitrogens with two attached hydrogens (primary N) is 1. The van der Waals surface area contributed by atoms with Crippen LogP contribution < -0.4 is 11.1 Å². The molecule has 0 aliphatic heterocycles. The molecular formula is C7H9N5S2. The number of rotatable bonds is 4. The van der Waals surface area contributed by atoms with Gasteiger partial charge in [0, 0.05) is 36.1 Å². The minimum absolute atomic E-state index is 0.326. The predicted octanol–water partition coefficient (Wildman–Crippen LogP) is 1.23. The smallest absolute Gasteiger partial charge is 0.233 e. The molecule has 0 saturated carbocycles. The number of thiazole rings is 1. The fraction of sp³-hybridized carbons (Fsp3) is 0.286. The Morgan fingerprint density at radius 2 is 2.43 bits per heavy atom. The van der Waals surface area contributed by atoms with Crippen LogP contribution in [0, 0.1) is 0 Å². The van der Waals surface area contributed by atoms with Gasteiger partial charge < -0.3 is 11.1 Å². The van der Waals surface area contributed by atoms with E-state index in [1.807, 2.05) is 11.6 Å². The van der Waals surface area contributed by atoms with Crippen LogP contribution in [0.4, 0.5) is 11.1 Å². The van der Waals surface area contributed by atoms with Gasteiger partial charge in [-0.25, -0.2) is 4.98 Å². The summed E-state index contributed by atoms with van der Waals surface area (Å²) in [5.74, 6) is 0.326. The SMILES string of the molecule is Nc1nsc(NCCc2nccs2)n1. The van der Waals surface area contributed by atoms with Gasteiger partial charge in [-0.3, -0.25) is 0 Å². The summed E-state index contributed by atoms with van der Waals surface area (Å²) in [5.41, 5.74) is 5.38. The van der Waals surface area contributed by atoms with Crippen molar-refractivity contribution in [3.8, 4) is 0 Å². The molecule has 0 bridgehead atoms. The minimum atomic E-state index is 0.326. The van der Waals surface area contributed by atoms with E-state index in [1.165, 1.54) is 11.5 Å². The van der Waals surface area contributed by atoms with Crippen molar-refractivity contribution in [2.45, 2.75) is 6.42 Å². The maximum absolute atomic E-state index is 5.38. The second-order valence-electron chi connectivity index (χ2n) is 2.56. The van der Waals surface area contributed by atoms with Crippen molar-refractivity contribution in [2.24, 2.45) is 0 Å². The highest BCUT2D eigenvalue weighted by Crippen LogP contribution is 2.12. The first-order chi connectivity index (χ1) is 6.84. The van der Waals surface area contributed by atoms with Gasteiger partial charge in [-0.15, -0.1) is 11.3 Å². The van der Waals surface area contributed by atoms with Gasteiger partial charge in [-0.1, -0.05) is 0 Å². The van der Waals surface area contributed by atoms with Crippen LogP contribution in [0.15, 0.2) is 11.6 Å². The molecule has 0 atom stereocenters. The standard InChI is InChI=1S/C7H9N5S2/c8-6-11-7(14-12-6)10-2-1-5-9-3-4-13-5/h3-4H,1-2H2,(H3,8,10,11,12). The lowest BCUT2D eigenvalue weighted by Crippen LogP contribution is -2.04. The maximum Gasteiger partial charge on any atom is 0.233 e. The van der Waals surface area contributed by atoms with Gasteiger partial charge >= 0.3 is 0 Å². The Morgan fingerprint density at radius 3 is 3.07 bits per heavy atom. The van der Waals surface area contributed by atoms with Gasteiger partial charge in [0.1, 0.15) is 0 Å². The van der Waals surface area contributed by atoms with E-state index in [9.17, 15) is 0 Å². The topological polar surface area (TPSA) is 76.7 Å². The Kier molecular flexibility index (Phi) is 2.90. The molecule has 3 N–H and O–H groups in total. The van der Waals surface area contributed by atoms with E-state index < -0.39 is 0 Å². The van der Waals surface area contributed by atoms with Crippen LogP contribution in [-0.2, 0) is 6.42 Å². The summed E-state index contributed by atoms with van der Waals surface area (Å²) in [4.78, 5) is 8.16. The van der Waals surface area contributed by atoms with Gasteiger partial charge in [0.05, 0.1) is 5.01 Å². The zero-order valence-electron chi connectivity index (χ0n) is 7.30. The first-order valence-corrected chi connectivity index (χ1v) is 5.71. The summed E-state index contributed by atoms with van der Waals surface area (Å²) in [6.07, 6.45) is 2.71. The molecule has 0 radical (unpaired) electrons. The Labute approximate surface area is 89.2 Å². The zero-order chi connectivity index (χ0) is 9.80. The van der Waals surface area contributed by atoms with Crippen LogP contribution in [0.25, 0.3) is 0 Å². The van der Waals surface area contributed by atoms with Crippen LogP contribution in [-0.4, -0.2) is 20.9 Å². The van der Waals surface area contributed by atoms with Gasteiger partial charge in [-0.2, -0.15) is 9.36 Å². The van der Waals surface area contributed by atoms with Gasteiger partial charge in [0.25, 0.3) is 0 Å². The van der Waals surface area contributed by atoms with Gasteiger partial charge in [-0.05, 0) is 0 Å². The second kappa shape index (κ2) is 4.34. The number of hydrogen-bond donors (Lipinski definition) is 2. The van der Waals surface area contributed by atoms with Crippen LogP contribution in [0.1, 0.15) is 5.01 Å². The number of anilines is 2. The van der Waals surface area contributed by atoms with Crippen molar-refractivity contribution >= 4 is 33.9 Å². The van der Waals surface area contributed by atoms with E-state index in [2.05, 4.69) is 19.7 Å². The third kappa shape index (κ3) is 2.39. The van der Waals surface area contributed by atoms with E-state index in [1.54, 1.807) is 11.3 Å². The van der Waals surface area contributed by atoms with E-state index in [4.69, 9.17) is 5.73 Å². The van der Waals surface area contributed by atoms with Crippen molar-refractivity contribution in [2.75, 3.05) is 17.6 Å². The monoisotopic (exact) mass is 227 g/mol. The van der Waals surface area contributed by atoms with Crippen molar-refractivity contribution in [1.82, 2.24) is 14.3 Å². The lowest BCUT2D eigenvalue weighted by molar-refractivity contribution is 0.995. The molecule has 0 saturated heterocycles. The molecule has 74 valence electrons. The third-order valence-electron chi connectivity index (χ3n) is 1.54.